The fourth-order valence-corrected chi connectivity index (χ4v) is 1.77. The van der Waals surface area contributed by atoms with Crippen molar-refractivity contribution in [2.75, 3.05) is 19.4 Å². The Labute approximate surface area is 98.4 Å². The van der Waals surface area contributed by atoms with E-state index in [1.807, 2.05) is 0 Å². The van der Waals surface area contributed by atoms with Crippen LogP contribution in [0.2, 0.25) is 0 Å². The minimum atomic E-state index is -0.750. The van der Waals surface area contributed by atoms with Gasteiger partial charge in [0.15, 0.2) is 0 Å². The zero-order valence-electron chi connectivity index (χ0n) is 9.76. The Morgan fingerprint density at radius 1 is 1.35 bits per heavy atom. The van der Waals surface area contributed by atoms with Gasteiger partial charge in [0, 0.05) is 25.7 Å². The Kier molecular flexibility index (Phi) is 3.00. The van der Waals surface area contributed by atoms with Crippen molar-refractivity contribution in [1.82, 2.24) is 4.90 Å². The summed E-state index contributed by atoms with van der Waals surface area (Å²) in [5.74, 6) is -1.84. The van der Waals surface area contributed by atoms with Gasteiger partial charge in [-0.2, -0.15) is 0 Å². The summed E-state index contributed by atoms with van der Waals surface area (Å²) in [6, 6.07) is 2.35. The van der Waals surface area contributed by atoms with Gasteiger partial charge in [-0.15, -0.1) is 0 Å². The second-order valence-electron chi connectivity index (χ2n) is 4.21. The molecule has 1 aromatic carbocycles. The summed E-state index contributed by atoms with van der Waals surface area (Å²) in [5, 5.41) is 2.42. The van der Waals surface area contributed by atoms with Crippen molar-refractivity contribution in [3.05, 3.63) is 29.3 Å². The molecular weight excluding hydrogens is 226 g/mol. The van der Waals surface area contributed by atoms with E-state index in [0.717, 1.165) is 25.0 Å². The van der Waals surface area contributed by atoms with Gasteiger partial charge in [0.1, 0.15) is 17.3 Å². The topological polar surface area (TPSA) is 32.3 Å². The molecule has 0 aromatic heterocycles. The highest BCUT2D eigenvalue weighted by molar-refractivity contribution is 5.94. The summed E-state index contributed by atoms with van der Waals surface area (Å²) >= 11 is 0. The highest BCUT2D eigenvalue weighted by Gasteiger charge is 2.30. The number of halogens is 2. The number of nitrogens with zero attached hydrogens (tertiary/aromatic N) is 1. The van der Waals surface area contributed by atoms with Crippen molar-refractivity contribution in [2.45, 2.75) is 18.9 Å². The van der Waals surface area contributed by atoms with Gasteiger partial charge in [0.25, 0.3) is 5.91 Å². The first-order chi connectivity index (χ1) is 8.04. The third-order valence-corrected chi connectivity index (χ3v) is 2.95. The van der Waals surface area contributed by atoms with Crippen molar-refractivity contribution < 1.29 is 13.6 Å². The molecule has 1 saturated carbocycles. The minimum absolute atomic E-state index is 0.0494. The molecule has 0 radical (unpaired) electrons. The van der Waals surface area contributed by atoms with Crippen LogP contribution in [0.3, 0.4) is 0 Å². The third-order valence-electron chi connectivity index (χ3n) is 2.95. The standard InChI is InChI=1S/C12H14F2N2O/c1-15-11-9(13)5-7(6-10(11)14)12(17)16(2)8-3-4-8/h5-6,8,15H,3-4H2,1-2H3. The summed E-state index contributed by atoms with van der Waals surface area (Å²) in [5.41, 5.74) is -0.163. The maximum atomic E-state index is 13.5. The van der Waals surface area contributed by atoms with E-state index < -0.39 is 11.6 Å². The van der Waals surface area contributed by atoms with E-state index in [9.17, 15) is 13.6 Å². The van der Waals surface area contributed by atoms with Gasteiger partial charge in [-0.05, 0) is 25.0 Å². The molecule has 1 aliphatic carbocycles. The summed E-state index contributed by atoms with van der Waals surface area (Å²) in [4.78, 5) is 13.4. The molecule has 0 aliphatic heterocycles. The molecule has 5 heteroatoms. The average Bonchev–Trinajstić information content (AvgIpc) is 3.10. The van der Waals surface area contributed by atoms with Crippen LogP contribution in [0.15, 0.2) is 12.1 Å². The van der Waals surface area contributed by atoms with Crippen LogP contribution in [-0.4, -0.2) is 30.9 Å². The van der Waals surface area contributed by atoms with E-state index in [-0.39, 0.29) is 23.2 Å². The number of hydrogen-bond acceptors (Lipinski definition) is 2. The molecule has 0 atom stereocenters. The van der Waals surface area contributed by atoms with Crippen LogP contribution in [0.4, 0.5) is 14.5 Å². The SMILES string of the molecule is CNc1c(F)cc(C(=O)N(C)C2CC2)cc1F. The van der Waals surface area contributed by atoms with Crippen molar-refractivity contribution in [3.63, 3.8) is 0 Å². The van der Waals surface area contributed by atoms with Gasteiger partial charge in [-0.1, -0.05) is 0 Å². The number of carbonyl (C=O) groups is 1. The van der Waals surface area contributed by atoms with Gasteiger partial charge in [0.05, 0.1) is 0 Å². The third kappa shape index (κ3) is 2.23. The first kappa shape index (κ1) is 11.8. The monoisotopic (exact) mass is 240 g/mol. The van der Waals surface area contributed by atoms with E-state index >= 15 is 0 Å². The Balaban J connectivity index is 2.29. The fourth-order valence-electron chi connectivity index (χ4n) is 1.77. The molecule has 1 aliphatic rings. The van der Waals surface area contributed by atoms with Crippen LogP contribution in [0.1, 0.15) is 23.2 Å². The fraction of sp³-hybridized carbons (Fsp3) is 0.417. The van der Waals surface area contributed by atoms with E-state index in [1.165, 1.54) is 11.9 Å². The smallest absolute Gasteiger partial charge is 0.254 e. The Bertz CT molecular complexity index is 435. The molecule has 1 aromatic rings. The minimum Gasteiger partial charge on any atom is -0.383 e. The lowest BCUT2D eigenvalue weighted by Gasteiger charge is -2.16. The van der Waals surface area contributed by atoms with E-state index in [0.29, 0.717) is 0 Å². The lowest BCUT2D eigenvalue weighted by atomic mass is 10.1. The second-order valence-corrected chi connectivity index (χ2v) is 4.21. The first-order valence-corrected chi connectivity index (χ1v) is 5.48. The summed E-state index contributed by atoms with van der Waals surface area (Å²) in [6.45, 7) is 0. The molecule has 1 N–H and O–H groups in total. The lowest BCUT2D eigenvalue weighted by molar-refractivity contribution is 0.0784. The molecule has 3 nitrogen and oxygen atoms in total. The average molecular weight is 240 g/mol. The molecule has 0 unspecified atom stereocenters. The van der Waals surface area contributed by atoms with Crippen molar-refractivity contribution in [2.24, 2.45) is 0 Å². The van der Waals surface area contributed by atoms with Gasteiger partial charge in [-0.3, -0.25) is 4.79 Å². The van der Waals surface area contributed by atoms with Crippen LogP contribution in [0.5, 0.6) is 0 Å². The van der Waals surface area contributed by atoms with Crippen LogP contribution in [0.25, 0.3) is 0 Å². The summed E-state index contributed by atoms with van der Waals surface area (Å²) < 4.78 is 27.0. The molecule has 0 bridgehead atoms. The van der Waals surface area contributed by atoms with Crippen LogP contribution in [0, 0.1) is 11.6 Å². The maximum absolute atomic E-state index is 13.5. The number of benzene rings is 1. The zero-order valence-corrected chi connectivity index (χ0v) is 9.76. The number of carbonyl (C=O) groups excluding carboxylic acids is 1. The van der Waals surface area contributed by atoms with Crippen LogP contribution < -0.4 is 5.32 Å². The lowest BCUT2D eigenvalue weighted by Crippen LogP contribution is -2.29. The number of anilines is 1. The number of hydrogen-bond donors (Lipinski definition) is 1. The number of amides is 1. The van der Waals surface area contributed by atoms with Gasteiger partial charge >= 0.3 is 0 Å². The maximum Gasteiger partial charge on any atom is 0.254 e. The van der Waals surface area contributed by atoms with E-state index in [2.05, 4.69) is 5.32 Å². The second kappa shape index (κ2) is 4.31. The highest BCUT2D eigenvalue weighted by atomic mass is 19.1. The van der Waals surface area contributed by atoms with Crippen molar-refractivity contribution >= 4 is 11.6 Å². The first-order valence-electron chi connectivity index (χ1n) is 5.48. The van der Waals surface area contributed by atoms with E-state index in [4.69, 9.17) is 0 Å². The molecule has 0 saturated heterocycles. The molecule has 17 heavy (non-hydrogen) atoms. The van der Waals surface area contributed by atoms with Gasteiger partial charge in [0.2, 0.25) is 0 Å². The van der Waals surface area contributed by atoms with E-state index in [1.54, 1.807) is 7.05 Å². The summed E-state index contributed by atoms with van der Waals surface area (Å²) in [6.07, 6.45) is 1.92. The molecule has 92 valence electrons. The molecule has 1 fully saturated rings. The molecule has 2 rings (SSSR count). The van der Waals surface area contributed by atoms with Gasteiger partial charge < -0.3 is 10.2 Å². The van der Waals surface area contributed by atoms with Crippen molar-refractivity contribution in [1.29, 1.82) is 0 Å². The molecule has 0 heterocycles. The largest absolute Gasteiger partial charge is 0.383 e. The normalized spacial score (nSPS) is 14.6. The predicted molar refractivity (Wildman–Crippen MR) is 61.0 cm³/mol. The summed E-state index contributed by atoms with van der Waals surface area (Å²) in [7, 11) is 3.08. The van der Waals surface area contributed by atoms with Gasteiger partial charge in [-0.25, -0.2) is 8.78 Å². The number of nitrogens with one attached hydrogen (secondary N) is 1. The molecule has 1 amide bonds. The Hall–Kier alpha value is -1.65. The van der Waals surface area contributed by atoms with Crippen molar-refractivity contribution in [3.8, 4) is 0 Å². The van der Waals surface area contributed by atoms with Crippen LogP contribution >= 0.6 is 0 Å². The Morgan fingerprint density at radius 2 is 1.88 bits per heavy atom. The molecular formula is C12H14F2N2O. The number of rotatable bonds is 3. The quantitative estimate of drug-likeness (QED) is 0.878. The highest BCUT2D eigenvalue weighted by Crippen LogP contribution is 2.28. The Morgan fingerprint density at radius 3 is 2.29 bits per heavy atom. The molecule has 0 spiro atoms. The zero-order chi connectivity index (χ0) is 12.6. The van der Waals surface area contributed by atoms with Crippen LogP contribution in [-0.2, 0) is 0 Å². The predicted octanol–water partition coefficient (Wildman–Crippen LogP) is 2.24.